The van der Waals surface area contributed by atoms with Gasteiger partial charge in [0.25, 0.3) is 0 Å². The molecule has 1 heterocycles. The lowest BCUT2D eigenvalue weighted by molar-refractivity contribution is -0.139. The minimum absolute atomic E-state index is 0.132. The van der Waals surface area contributed by atoms with Crippen molar-refractivity contribution >= 4 is 28.8 Å². The van der Waals surface area contributed by atoms with Gasteiger partial charge in [0, 0.05) is 5.38 Å². The van der Waals surface area contributed by atoms with Crippen LogP contribution in [0.2, 0.25) is 0 Å². The molecule has 1 amide bonds. The number of aromatic nitrogens is 1. The molecule has 1 aromatic rings. The topological polar surface area (TPSA) is 68.3 Å². The van der Waals surface area contributed by atoms with Gasteiger partial charge < -0.3 is 10.1 Å². The van der Waals surface area contributed by atoms with Crippen molar-refractivity contribution in [2.75, 3.05) is 12.4 Å². The third-order valence-electron chi connectivity index (χ3n) is 1.29. The summed E-state index contributed by atoms with van der Waals surface area (Å²) in [4.78, 5) is 24.8. The van der Waals surface area contributed by atoms with Crippen LogP contribution in [0.25, 0.3) is 0 Å². The number of hydrogen-bond donors (Lipinski definition) is 1. The molecule has 0 fully saturated rings. The van der Waals surface area contributed by atoms with Crippen molar-refractivity contribution < 1.29 is 14.3 Å². The summed E-state index contributed by atoms with van der Waals surface area (Å²) in [5.41, 5.74) is 0.598. The van der Waals surface area contributed by atoms with E-state index in [1.54, 1.807) is 5.38 Å². The lowest BCUT2D eigenvalue weighted by atomic mass is 10.3. The quantitative estimate of drug-likeness (QED) is 0.565. The van der Waals surface area contributed by atoms with Crippen molar-refractivity contribution in [1.29, 1.82) is 0 Å². The molecule has 0 aliphatic rings. The first-order valence-electron chi connectivity index (χ1n) is 3.47. The van der Waals surface area contributed by atoms with E-state index < -0.39 is 0 Å². The lowest BCUT2D eigenvalue weighted by Gasteiger charge is -1.93. The Morgan fingerprint density at radius 3 is 3.23 bits per heavy atom. The number of rotatable bonds is 4. The fourth-order valence-corrected chi connectivity index (χ4v) is 1.39. The highest BCUT2D eigenvalue weighted by molar-refractivity contribution is 7.13. The number of carbonyl (C=O) groups excluding carboxylic acids is 2. The fourth-order valence-electron chi connectivity index (χ4n) is 0.725. The fraction of sp³-hybridized carbons (Fsp3) is 0.286. The molecule has 0 unspecified atom stereocenters. The maximum atomic E-state index is 10.8. The third-order valence-corrected chi connectivity index (χ3v) is 2.11. The van der Waals surface area contributed by atoms with Gasteiger partial charge in [0.1, 0.15) is 0 Å². The van der Waals surface area contributed by atoms with Gasteiger partial charge in [-0.25, -0.2) is 4.98 Å². The highest BCUT2D eigenvalue weighted by Crippen LogP contribution is 2.14. The summed E-state index contributed by atoms with van der Waals surface area (Å²) in [6.07, 6.45) is 0.675. The van der Waals surface area contributed by atoms with Gasteiger partial charge in [0.05, 0.1) is 19.2 Å². The standard InChI is InChI=1S/C7H8N2O3S/c1-12-6(11)2-5-3-13-7(9-5)8-4-10/h3-4H,2H2,1H3,(H,8,9,10). The Labute approximate surface area is 78.7 Å². The molecule has 0 radical (unpaired) electrons. The normalized spacial score (nSPS) is 9.31. The predicted molar refractivity (Wildman–Crippen MR) is 47.5 cm³/mol. The first kappa shape index (κ1) is 9.66. The van der Waals surface area contributed by atoms with Crippen LogP contribution in [-0.2, 0) is 20.7 Å². The molecule has 13 heavy (non-hydrogen) atoms. The van der Waals surface area contributed by atoms with Crippen LogP contribution in [0.1, 0.15) is 5.69 Å². The van der Waals surface area contributed by atoms with Gasteiger partial charge in [-0.15, -0.1) is 11.3 Å². The Kier molecular flexibility index (Phi) is 3.39. The third kappa shape index (κ3) is 2.83. The Morgan fingerprint density at radius 1 is 1.85 bits per heavy atom. The number of nitrogens with zero attached hydrogens (tertiary/aromatic N) is 1. The molecule has 0 bridgehead atoms. The average molecular weight is 200 g/mol. The van der Waals surface area contributed by atoms with Crippen molar-refractivity contribution in [3.05, 3.63) is 11.1 Å². The minimum Gasteiger partial charge on any atom is -0.469 e. The molecule has 0 aliphatic heterocycles. The van der Waals surface area contributed by atoms with E-state index in [-0.39, 0.29) is 12.4 Å². The Balaban J connectivity index is 2.58. The molecule has 5 nitrogen and oxygen atoms in total. The predicted octanol–water partition coefficient (Wildman–Crippen LogP) is 0.427. The Hall–Kier alpha value is -1.43. The molecule has 0 spiro atoms. The van der Waals surface area contributed by atoms with Crippen LogP contribution in [0.5, 0.6) is 0 Å². The van der Waals surface area contributed by atoms with E-state index in [1.165, 1.54) is 18.4 Å². The van der Waals surface area contributed by atoms with Gasteiger partial charge in [-0.3, -0.25) is 9.59 Å². The molecule has 0 aliphatic carbocycles. The van der Waals surface area contributed by atoms with Crippen LogP contribution in [0.4, 0.5) is 5.13 Å². The summed E-state index contributed by atoms with van der Waals surface area (Å²) in [7, 11) is 1.32. The maximum Gasteiger partial charge on any atom is 0.311 e. The van der Waals surface area contributed by atoms with Crippen LogP contribution >= 0.6 is 11.3 Å². The number of esters is 1. The summed E-state index contributed by atoms with van der Waals surface area (Å²) in [5.74, 6) is -0.344. The summed E-state index contributed by atoms with van der Waals surface area (Å²) in [5, 5.41) is 4.57. The molecule has 70 valence electrons. The van der Waals surface area contributed by atoms with E-state index in [0.717, 1.165) is 0 Å². The van der Waals surface area contributed by atoms with Crippen molar-refractivity contribution in [3.63, 3.8) is 0 Å². The Bertz CT molecular complexity index is 310. The van der Waals surface area contributed by atoms with Crippen molar-refractivity contribution in [1.82, 2.24) is 4.98 Å². The highest BCUT2D eigenvalue weighted by atomic mass is 32.1. The maximum absolute atomic E-state index is 10.8. The van der Waals surface area contributed by atoms with E-state index in [0.29, 0.717) is 17.2 Å². The highest BCUT2D eigenvalue weighted by Gasteiger charge is 2.06. The second kappa shape index (κ2) is 4.56. The Morgan fingerprint density at radius 2 is 2.62 bits per heavy atom. The van der Waals surface area contributed by atoms with Gasteiger partial charge >= 0.3 is 5.97 Å². The molecule has 1 N–H and O–H groups in total. The zero-order valence-corrected chi connectivity index (χ0v) is 7.76. The molecule has 0 saturated heterocycles. The number of ether oxygens (including phenoxy) is 1. The molecule has 1 rings (SSSR count). The second-order valence-electron chi connectivity index (χ2n) is 2.16. The first-order valence-corrected chi connectivity index (χ1v) is 4.35. The van der Waals surface area contributed by atoms with E-state index in [1.807, 2.05) is 0 Å². The van der Waals surface area contributed by atoms with Crippen LogP contribution in [0.15, 0.2) is 5.38 Å². The van der Waals surface area contributed by atoms with E-state index in [9.17, 15) is 9.59 Å². The monoisotopic (exact) mass is 200 g/mol. The molecule has 0 atom stereocenters. The van der Waals surface area contributed by atoms with E-state index in [2.05, 4.69) is 15.0 Å². The first-order chi connectivity index (χ1) is 6.26. The number of carbonyl (C=O) groups is 2. The van der Waals surface area contributed by atoms with Crippen molar-refractivity contribution in [2.45, 2.75) is 6.42 Å². The molecular weight excluding hydrogens is 192 g/mol. The van der Waals surface area contributed by atoms with Gasteiger partial charge in [-0.1, -0.05) is 0 Å². The molecule has 6 heteroatoms. The number of hydrogen-bond acceptors (Lipinski definition) is 5. The summed E-state index contributed by atoms with van der Waals surface area (Å²) in [6.45, 7) is 0. The lowest BCUT2D eigenvalue weighted by Crippen LogP contribution is -2.04. The largest absolute Gasteiger partial charge is 0.469 e. The summed E-state index contributed by atoms with van der Waals surface area (Å²) < 4.78 is 4.46. The summed E-state index contributed by atoms with van der Waals surface area (Å²) in [6, 6.07) is 0. The van der Waals surface area contributed by atoms with Gasteiger partial charge in [0.2, 0.25) is 6.41 Å². The van der Waals surface area contributed by atoms with Crippen molar-refractivity contribution in [3.8, 4) is 0 Å². The number of methoxy groups -OCH3 is 1. The number of thiazole rings is 1. The van der Waals surface area contributed by atoms with Crippen LogP contribution in [-0.4, -0.2) is 24.5 Å². The number of anilines is 1. The van der Waals surface area contributed by atoms with Gasteiger partial charge in [-0.2, -0.15) is 0 Å². The smallest absolute Gasteiger partial charge is 0.311 e. The van der Waals surface area contributed by atoms with E-state index in [4.69, 9.17) is 0 Å². The van der Waals surface area contributed by atoms with Gasteiger partial charge in [-0.05, 0) is 0 Å². The average Bonchev–Trinajstić information content (AvgIpc) is 2.53. The zero-order chi connectivity index (χ0) is 9.68. The second-order valence-corrected chi connectivity index (χ2v) is 3.02. The van der Waals surface area contributed by atoms with Crippen molar-refractivity contribution in [2.24, 2.45) is 0 Å². The zero-order valence-electron chi connectivity index (χ0n) is 6.94. The molecular formula is C7H8N2O3S. The number of amides is 1. The van der Waals surface area contributed by atoms with E-state index >= 15 is 0 Å². The minimum atomic E-state index is -0.344. The van der Waals surface area contributed by atoms with Gasteiger partial charge in [0.15, 0.2) is 5.13 Å². The van der Waals surface area contributed by atoms with Crippen LogP contribution in [0, 0.1) is 0 Å². The number of nitrogens with one attached hydrogen (secondary N) is 1. The molecule has 0 saturated carbocycles. The SMILES string of the molecule is COC(=O)Cc1csc(NC=O)n1. The molecule has 0 aromatic carbocycles. The van der Waals surface area contributed by atoms with Crippen LogP contribution < -0.4 is 5.32 Å². The van der Waals surface area contributed by atoms with Crippen LogP contribution in [0.3, 0.4) is 0 Å². The molecule has 1 aromatic heterocycles. The summed E-state index contributed by atoms with van der Waals surface area (Å²) >= 11 is 1.27.